The van der Waals surface area contributed by atoms with Crippen molar-refractivity contribution in [2.45, 2.75) is 65.2 Å². The second-order valence-corrected chi connectivity index (χ2v) is 7.80. The van der Waals surface area contributed by atoms with Gasteiger partial charge in [0.1, 0.15) is 5.69 Å². The zero-order chi connectivity index (χ0) is 17.1. The van der Waals surface area contributed by atoms with Crippen molar-refractivity contribution < 1.29 is 0 Å². The lowest BCUT2D eigenvalue weighted by molar-refractivity contribution is 0.0370. The van der Waals surface area contributed by atoms with Gasteiger partial charge in [0.05, 0.1) is 5.69 Å². The molecule has 126 valence electrons. The highest BCUT2D eigenvalue weighted by atomic mass is 15.1. The van der Waals surface area contributed by atoms with E-state index in [1.54, 1.807) is 0 Å². The number of aromatic nitrogens is 3. The first-order chi connectivity index (χ1) is 11.5. The summed E-state index contributed by atoms with van der Waals surface area (Å²) in [4.78, 5) is 4.72. The number of aromatic amines is 1. The van der Waals surface area contributed by atoms with Gasteiger partial charge in [-0.15, -0.1) is 0 Å². The lowest BCUT2D eigenvalue weighted by Gasteiger charge is -2.52. The normalized spacial score (nSPS) is 32.6. The first kappa shape index (κ1) is 15.6. The van der Waals surface area contributed by atoms with E-state index in [9.17, 15) is 0 Å². The molecule has 0 bridgehead atoms. The smallest absolute Gasteiger partial charge is 0.115 e. The van der Waals surface area contributed by atoms with E-state index in [-0.39, 0.29) is 5.41 Å². The molecule has 3 atom stereocenters. The molecule has 1 N–H and O–H groups in total. The van der Waals surface area contributed by atoms with Crippen molar-refractivity contribution in [2.75, 3.05) is 0 Å². The van der Waals surface area contributed by atoms with Crippen molar-refractivity contribution in [1.82, 2.24) is 15.2 Å². The molecule has 3 heteroatoms. The number of nitrogens with one attached hydrogen (secondary N) is 1. The minimum Gasteiger partial charge on any atom is -0.281 e. The zero-order valence-corrected chi connectivity index (χ0v) is 15.4. The monoisotopic (exact) mass is 321 g/mol. The third-order valence-electron chi connectivity index (χ3n) is 7.24. The van der Waals surface area contributed by atoms with Gasteiger partial charge < -0.3 is 0 Å². The SMILES string of the molecule is C/C=c1/ccnc(-c2n[nH]c3c2C2CCC2(C)C3(C)CC)/c1=C/C. The van der Waals surface area contributed by atoms with Gasteiger partial charge in [-0.2, -0.15) is 5.10 Å². The van der Waals surface area contributed by atoms with Crippen molar-refractivity contribution in [2.24, 2.45) is 5.41 Å². The molecule has 0 aromatic carbocycles. The topological polar surface area (TPSA) is 41.6 Å². The Bertz CT molecular complexity index is 923. The Balaban J connectivity index is 2.00. The van der Waals surface area contributed by atoms with Crippen LogP contribution in [0.25, 0.3) is 23.5 Å². The van der Waals surface area contributed by atoms with Gasteiger partial charge in [-0.3, -0.25) is 10.1 Å². The van der Waals surface area contributed by atoms with E-state index in [4.69, 9.17) is 10.1 Å². The van der Waals surface area contributed by atoms with Crippen LogP contribution < -0.4 is 10.4 Å². The number of H-pyrrole nitrogens is 1. The van der Waals surface area contributed by atoms with E-state index >= 15 is 0 Å². The summed E-state index contributed by atoms with van der Waals surface area (Å²) >= 11 is 0. The van der Waals surface area contributed by atoms with Crippen LogP contribution in [-0.4, -0.2) is 15.2 Å². The number of nitrogens with zero attached hydrogens (tertiary/aromatic N) is 2. The van der Waals surface area contributed by atoms with Crippen LogP contribution in [0.3, 0.4) is 0 Å². The Morgan fingerprint density at radius 3 is 2.62 bits per heavy atom. The van der Waals surface area contributed by atoms with E-state index in [2.05, 4.69) is 57.9 Å². The molecule has 2 aliphatic rings. The molecular formula is C21H27N3. The Morgan fingerprint density at radius 2 is 2.04 bits per heavy atom. The Labute approximate surface area is 143 Å². The summed E-state index contributed by atoms with van der Waals surface area (Å²) in [6, 6.07) is 2.08. The average molecular weight is 321 g/mol. The molecule has 2 aliphatic carbocycles. The van der Waals surface area contributed by atoms with Crippen LogP contribution >= 0.6 is 0 Å². The lowest BCUT2D eigenvalue weighted by atomic mass is 9.52. The number of hydrogen-bond acceptors (Lipinski definition) is 2. The third kappa shape index (κ3) is 1.63. The van der Waals surface area contributed by atoms with E-state index < -0.39 is 0 Å². The standard InChI is InChI=1S/C21H27N3/c1-6-13-10-12-22-17(14(13)7-2)18-16-15-9-11-21(15,5)20(4,8-3)19(16)24-23-18/h6-7,10,12,15H,8-9,11H2,1-5H3,(H,23,24)/b13-6-,14-7+. The predicted octanol–water partition coefficient (Wildman–Crippen LogP) is 3.64. The molecule has 0 saturated heterocycles. The van der Waals surface area contributed by atoms with Crippen molar-refractivity contribution in [3.8, 4) is 11.4 Å². The molecule has 2 aromatic heterocycles. The van der Waals surface area contributed by atoms with Gasteiger partial charge in [-0.25, -0.2) is 0 Å². The van der Waals surface area contributed by atoms with E-state index in [1.165, 1.54) is 34.5 Å². The molecule has 2 heterocycles. The van der Waals surface area contributed by atoms with Gasteiger partial charge in [-0.05, 0) is 55.7 Å². The maximum absolute atomic E-state index is 4.76. The molecule has 24 heavy (non-hydrogen) atoms. The van der Waals surface area contributed by atoms with Crippen LogP contribution in [0.4, 0.5) is 0 Å². The van der Waals surface area contributed by atoms with Crippen LogP contribution in [0, 0.1) is 5.41 Å². The Kier molecular flexibility index (Phi) is 3.28. The summed E-state index contributed by atoms with van der Waals surface area (Å²) in [7, 11) is 0. The maximum atomic E-state index is 4.76. The maximum Gasteiger partial charge on any atom is 0.115 e. The summed E-state index contributed by atoms with van der Waals surface area (Å²) in [5.41, 5.74) is 5.47. The largest absolute Gasteiger partial charge is 0.281 e. The van der Waals surface area contributed by atoms with Gasteiger partial charge in [0.25, 0.3) is 0 Å². The van der Waals surface area contributed by atoms with Crippen molar-refractivity contribution in [3.05, 3.63) is 34.0 Å². The first-order valence-electron chi connectivity index (χ1n) is 9.18. The van der Waals surface area contributed by atoms with E-state index in [0.29, 0.717) is 11.3 Å². The summed E-state index contributed by atoms with van der Waals surface area (Å²) in [6.45, 7) is 11.4. The fourth-order valence-electron chi connectivity index (χ4n) is 5.23. The van der Waals surface area contributed by atoms with Gasteiger partial charge in [0.2, 0.25) is 0 Å². The average Bonchev–Trinajstić information content (AvgIpc) is 3.06. The minimum absolute atomic E-state index is 0.196. The summed E-state index contributed by atoms with van der Waals surface area (Å²) in [5.74, 6) is 0.618. The highest BCUT2D eigenvalue weighted by Gasteiger charge is 2.63. The molecule has 3 unspecified atom stereocenters. The van der Waals surface area contributed by atoms with Crippen molar-refractivity contribution >= 4 is 12.2 Å². The summed E-state index contributed by atoms with van der Waals surface area (Å²) in [5, 5.41) is 10.6. The molecule has 0 amide bonds. The van der Waals surface area contributed by atoms with E-state index in [0.717, 1.165) is 17.8 Å². The molecule has 4 rings (SSSR count). The number of rotatable bonds is 2. The molecule has 3 nitrogen and oxygen atoms in total. The fraction of sp³-hybridized carbons (Fsp3) is 0.524. The zero-order valence-electron chi connectivity index (χ0n) is 15.4. The molecule has 1 saturated carbocycles. The molecule has 2 aromatic rings. The second-order valence-electron chi connectivity index (χ2n) is 7.80. The lowest BCUT2D eigenvalue weighted by Crippen LogP contribution is -2.46. The molecule has 0 spiro atoms. The van der Waals surface area contributed by atoms with Gasteiger partial charge in [0.15, 0.2) is 0 Å². The quantitative estimate of drug-likeness (QED) is 0.917. The molecule has 0 aliphatic heterocycles. The number of fused-ring (bicyclic) bond motifs is 3. The highest BCUT2D eigenvalue weighted by molar-refractivity contribution is 5.67. The Morgan fingerprint density at radius 1 is 1.25 bits per heavy atom. The van der Waals surface area contributed by atoms with Gasteiger partial charge >= 0.3 is 0 Å². The molecule has 0 radical (unpaired) electrons. The predicted molar refractivity (Wildman–Crippen MR) is 99.1 cm³/mol. The van der Waals surface area contributed by atoms with Crippen LogP contribution in [0.2, 0.25) is 0 Å². The highest BCUT2D eigenvalue weighted by Crippen LogP contribution is 2.70. The fourth-order valence-corrected chi connectivity index (χ4v) is 5.23. The van der Waals surface area contributed by atoms with Crippen LogP contribution in [0.5, 0.6) is 0 Å². The van der Waals surface area contributed by atoms with Gasteiger partial charge in [0, 0.05) is 28.1 Å². The summed E-state index contributed by atoms with van der Waals surface area (Å²) in [6.07, 6.45) is 9.96. The van der Waals surface area contributed by atoms with Gasteiger partial charge in [-0.1, -0.05) is 32.9 Å². The van der Waals surface area contributed by atoms with Crippen LogP contribution in [-0.2, 0) is 5.41 Å². The van der Waals surface area contributed by atoms with Crippen molar-refractivity contribution in [3.63, 3.8) is 0 Å². The minimum atomic E-state index is 0.196. The van der Waals surface area contributed by atoms with E-state index in [1.807, 2.05) is 6.20 Å². The first-order valence-corrected chi connectivity index (χ1v) is 9.18. The molecular weight excluding hydrogens is 294 g/mol. The summed E-state index contributed by atoms with van der Waals surface area (Å²) < 4.78 is 0. The number of hydrogen-bond donors (Lipinski definition) is 1. The Hall–Kier alpha value is -1.90. The van der Waals surface area contributed by atoms with Crippen molar-refractivity contribution in [1.29, 1.82) is 0 Å². The van der Waals surface area contributed by atoms with Crippen LogP contribution in [0.15, 0.2) is 12.3 Å². The van der Waals surface area contributed by atoms with Crippen LogP contribution in [0.1, 0.15) is 71.1 Å². The second kappa shape index (κ2) is 5.05. The molecule has 1 fully saturated rings. The third-order valence-corrected chi connectivity index (χ3v) is 7.24. The number of pyridine rings is 1.